The van der Waals surface area contributed by atoms with E-state index < -0.39 is 0 Å². The van der Waals surface area contributed by atoms with Crippen molar-refractivity contribution >= 4 is 5.95 Å². The molecule has 2 atom stereocenters. The highest BCUT2D eigenvalue weighted by molar-refractivity contribution is 5.30. The lowest BCUT2D eigenvalue weighted by Crippen LogP contribution is -2.45. The average Bonchev–Trinajstić information content (AvgIpc) is 2.56. The highest BCUT2D eigenvalue weighted by Gasteiger charge is 2.30. The van der Waals surface area contributed by atoms with E-state index in [0.29, 0.717) is 12.0 Å². The van der Waals surface area contributed by atoms with Gasteiger partial charge in [0.1, 0.15) is 0 Å². The van der Waals surface area contributed by atoms with Crippen LogP contribution in [0, 0.1) is 12.8 Å². The molecule has 0 spiro atoms. The number of aryl methyl sites for hydroxylation is 1. The highest BCUT2D eigenvalue weighted by Crippen LogP contribution is 2.25. The van der Waals surface area contributed by atoms with Crippen molar-refractivity contribution in [3.63, 3.8) is 0 Å². The van der Waals surface area contributed by atoms with E-state index in [4.69, 9.17) is 4.74 Å². The SMILES string of the molecule is CO[C@@H]1CCN(c2ncccn2)C[C@H]1Cc1cccc(C)c1. The molecule has 3 rings (SSSR count). The van der Waals surface area contributed by atoms with Gasteiger partial charge in [-0.05, 0) is 31.4 Å². The fourth-order valence-corrected chi connectivity index (χ4v) is 3.30. The Kier molecular flexibility index (Phi) is 4.68. The maximum absolute atomic E-state index is 5.72. The average molecular weight is 297 g/mol. The van der Waals surface area contributed by atoms with Crippen molar-refractivity contribution < 1.29 is 4.74 Å². The van der Waals surface area contributed by atoms with Gasteiger partial charge in [0.15, 0.2) is 0 Å². The van der Waals surface area contributed by atoms with Gasteiger partial charge >= 0.3 is 0 Å². The molecule has 116 valence electrons. The van der Waals surface area contributed by atoms with Crippen LogP contribution in [0.3, 0.4) is 0 Å². The fraction of sp³-hybridized carbons (Fsp3) is 0.444. The third kappa shape index (κ3) is 3.45. The molecule has 4 nitrogen and oxygen atoms in total. The van der Waals surface area contributed by atoms with Crippen molar-refractivity contribution in [1.82, 2.24) is 9.97 Å². The summed E-state index contributed by atoms with van der Waals surface area (Å²) in [5.41, 5.74) is 2.69. The predicted octanol–water partition coefficient (Wildman–Crippen LogP) is 2.87. The highest BCUT2D eigenvalue weighted by atomic mass is 16.5. The molecule has 2 heterocycles. The molecule has 1 aromatic heterocycles. The minimum Gasteiger partial charge on any atom is -0.381 e. The van der Waals surface area contributed by atoms with Gasteiger partial charge in [0.2, 0.25) is 5.95 Å². The maximum Gasteiger partial charge on any atom is 0.225 e. The quantitative estimate of drug-likeness (QED) is 0.870. The third-order valence-electron chi connectivity index (χ3n) is 4.38. The van der Waals surface area contributed by atoms with Crippen molar-refractivity contribution in [3.8, 4) is 0 Å². The zero-order valence-corrected chi connectivity index (χ0v) is 13.3. The molecule has 2 aromatic rings. The Bertz CT molecular complexity index is 602. The van der Waals surface area contributed by atoms with Crippen LogP contribution in [-0.4, -0.2) is 36.3 Å². The molecule has 0 N–H and O–H groups in total. The van der Waals surface area contributed by atoms with E-state index in [9.17, 15) is 0 Å². The van der Waals surface area contributed by atoms with Crippen LogP contribution in [0.5, 0.6) is 0 Å². The summed E-state index contributed by atoms with van der Waals surface area (Å²) in [5.74, 6) is 1.29. The number of hydrogen-bond acceptors (Lipinski definition) is 4. The van der Waals surface area contributed by atoms with Gasteiger partial charge in [-0.2, -0.15) is 0 Å². The Morgan fingerprint density at radius 3 is 2.77 bits per heavy atom. The van der Waals surface area contributed by atoms with Gasteiger partial charge in [0.05, 0.1) is 6.10 Å². The summed E-state index contributed by atoms with van der Waals surface area (Å²) < 4.78 is 5.72. The van der Waals surface area contributed by atoms with E-state index in [1.54, 1.807) is 12.4 Å². The van der Waals surface area contributed by atoms with E-state index in [0.717, 1.165) is 31.9 Å². The first-order valence-electron chi connectivity index (χ1n) is 7.86. The number of nitrogens with zero attached hydrogens (tertiary/aromatic N) is 3. The molecule has 0 bridgehead atoms. The minimum absolute atomic E-state index is 0.306. The van der Waals surface area contributed by atoms with Gasteiger partial charge in [-0.25, -0.2) is 9.97 Å². The first-order chi connectivity index (χ1) is 10.8. The predicted molar refractivity (Wildman–Crippen MR) is 88.0 cm³/mol. The topological polar surface area (TPSA) is 38.2 Å². The standard InChI is InChI=1S/C18H23N3O/c1-14-5-3-6-15(11-14)12-16-13-21(10-7-17(16)22-2)18-19-8-4-9-20-18/h3-6,8-9,11,16-17H,7,10,12-13H2,1-2H3/t16-,17-/m1/s1. The summed E-state index contributed by atoms with van der Waals surface area (Å²) in [7, 11) is 1.82. The Balaban J connectivity index is 1.74. The fourth-order valence-electron chi connectivity index (χ4n) is 3.30. The molecular formula is C18H23N3O. The summed E-state index contributed by atoms with van der Waals surface area (Å²) in [6.45, 7) is 4.03. The van der Waals surface area contributed by atoms with Gasteiger partial charge in [-0.15, -0.1) is 0 Å². The summed E-state index contributed by atoms with van der Waals surface area (Å²) >= 11 is 0. The van der Waals surface area contributed by atoms with Crippen LogP contribution >= 0.6 is 0 Å². The number of piperidine rings is 1. The maximum atomic E-state index is 5.72. The normalized spacial score (nSPS) is 21.8. The lowest BCUT2D eigenvalue weighted by Gasteiger charge is -2.38. The van der Waals surface area contributed by atoms with E-state index >= 15 is 0 Å². The summed E-state index contributed by atoms with van der Waals surface area (Å²) in [6, 6.07) is 10.6. The number of anilines is 1. The molecular weight excluding hydrogens is 274 g/mol. The summed E-state index contributed by atoms with van der Waals surface area (Å²) in [4.78, 5) is 11.0. The molecule has 22 heavy (non-hydrogen) atoms. The molecule has 0 saturated carbocycles. The minimum atomic E-state index is 0.306. The smallest absolute Gasteiger partial charge is 0.225 e. The molecule has 0 aliphatic carbocycles. The Hall–Kier alpha value is -1.94. The Morgan fingerprint density at radius 2 is 2.05 bits per heavy atom. The third-order valence-corrected chi connectivity index (χ3v) is 4.38. The van der Waals surface area contributed by atoms with Crippen molar-refractivity contribution in [3.05, 3.63) is 53.9 Å². The number of methoxy groups -OCH3 is 1. The molecule has 1 saturated heterocycles. The van der Waals surface area contributed by atoms with Gasteiger partial charge in [-0.3, -0.25) is 0 Å². The number of hydrogen-bond donors (Lipinski definition) is 0. The van der Waals surface area contributed by atoms with Gasteiger partial charge in [0.25, 0.3) is 0 Å². The number of ether oxygens (including phenoxy) is 1. The first-order valence-corrected chi connectivity index (χ1v) is 7.86. The molecule has 0 radical (unpaired) electrons. The number of benzene rings is 1. The Morgan fingerprint density at radius 1 is 1.23 bits per heavy atom. The van der Waals surface area contributed by atoms with E-state index in [1.165, 1.54) is 11.1 Å². The van der Waals surface area contributed by atoms with Crippen LogP contribution in [-0.2, 0) is 11.2 Å². The van der Waals surface area contributed by atoms with Crippen molar-refractivity contribution in [2.75, 3.05) is 25.1 Å². The summed E-state index contributed by atoms with van der Waals surface area (Å²) in [6.07, 6.45) is 5.97. The van der Waals surface area contributed by atoms with Crippen LogP contribution in [0.15, 0.2) is 42.7 Å². The zero-order chi connectivity index (χ0) is 15.4. The molecule has 4 heteroatoms. The second-order valence-corrected chi connectivity index (χ2v) is 6.01. The first kappa shape index (κ1) is 15.0. The lowest BCUT2D eigenvalue weighted by molar-refractivity contribution is 0.0374. The van der Waals surface area contributed by atoms with Gasteiger partial charge < -0.3 is 9.64 Å². The van der Waals surface area contributed by atoms with Crippen LogP contribution < -0.4 is 4.90 Å². The molecule has 1 aromatic carbocycles. The van der Waals surface area contributed by atoms with E-state index in [-0.39, 0.29) is 0 Å². The monoisotopic (exact) mass is 297 g/mol. The van der Waals surface area contributed by atoms with Crippen LogP contribution in [0.2, 0.25) is 0 Å². The molecule has 1 aliphatic rings. The van der Waals surface area contributed by atoms with Crippen molar-refractivity contribution in [2.45, 2.75) is 25.9 Å². The molecule has 0 unspecified atom stereocenters. The lowest BCUT2D eigenvalue weighted by atomic mass is 9.88. The molecule has 1 fully saturated rings. The van der Waals surface area contributed by atoms with Crippen LogP contribution in [0.25, 0.3) is 0 Å². The van der Waals surface area contributed by atoms with Crippen molar-refractivity contribution in [2.24, 2.45) is 5.92 Å². The molecule has 0 amide bonds. The number of aromatic nitrogens is 2. The van der Waals surface area contributed by atoms with E-state index in [1.807, 2.05) is 13.2 Å². The second-order valence-electron chi connectivity index (χ2n) is 6.01. The second kappa shape index (κ2) is 6.88. The molecule has 1 aliphatic heterocycles. The number of rotatable bonds is 4. The van der Waals surface area contributed by atoms with Crippen LogP contribution in [0.1, 0.15) is 17.5 Å². The van der Waals surface area contributed by atoms with Crippen LogP contribution in [0.4, 0.5) is 5.95 Å². The van der Waals surface area contributed by atoms with Gasteiger partial charge in [-0.1, -0.05) is 29.8 Å². The largest absolute Gasteiger partial charge is 0.381 e. The van der Waals surface area contributed by atoms with E-state index in [2.05, 4.69) is 46.1 Å². The van der Waals surface area contributed by atoms with Crippen molar-refractivity contribution in [1.29, 1.82) is 0 Å². The Labute approximate surface area is 132 Å². The van der Waals surface area contributed by atoms with Gasteiger partial charge in [0, 0.05) is 38.5 Å². The summed E-state index contributed by atoms with van der Waals surface area (Å²) in [5, 5.41) is 0. The zero-order valence-electron chi connectivity index (χ0n) is 13.3.